The maximum Gasteiger partial charge on any atom is 0.323 e. The number of aryl methyl sites for hydroxylation is 1. The number of urea groups is 1. The largest absolute Gasteiger partial charge is 0.323 e. The smallest absolute Gasteiger partial charge is 0.308 e. The van der Waals surface area contributed by atoms with Crippen LogP contribution in [-0.4, -0.2) is 17.8 Å². The molecule has 0 fully saturated rings. The summed E-state index contributed by atoms with van der Waals surface area (Å²) in [5, 5.41) is 6.15. The fraction of sp³-hybridized carbons (Fsp3) is 0.0455. The highest BCUT2D eigenvalue weighted by atomic mass is 35.5. The summed E-state index contributed by atoms with van der Waals surface area (Å²) in [6, 6.07) is 16.0. The number of nitrogens with one attached hydrogen (secondary N) is 2. The van der Waals surface area contributed by atoms with Gasteiger partial charge in [0.15, 0.2) is 0 Å². The molecule has 0 radical (unpaired) electrons. The molecule has 30 heavy (non-hydrogen) atoms. The van der Waals surface area contributed by atoms with E-state index in [4.69, 9.17) is 23.2 Å². The Balaban J connectivity index is 1.54. The molecule has 1 heterocycles. The molecule has 0 aromatic heterocycles. The van der Waals surface area contributed by atoms with Gasteiger partial charge in [-0.1, -0.05) is 35.3 Å². The van der Waals surface area contributed by atoms with Crippen LogP contribution in [0.5, 0.6) is 0 Å². The van der Waals surface area contributed by atoms with Crippen molar-refractivity contribution in [2.24, 2.45) is 0 Å². The van der Waals surface area contributed by atoms with E-state index in [9.17, 15) is 14.4 Å². The summed E-state index contributed by atoms with van der Waals surface area (Å²) >= 11 is 12.0. The van der Waals surface area contributed by atoms with E-state index in [1.807, 2.05) is 0 Å². The summed E-state index contributed by atoms with van der Waals surface area (Å²) in [6.45, 7) is 1.75. The number of benzene rings is 3. The normalized spacial score (nSPS) is 12.7. The molecule has 0 atom stereocenters. The quantitative estimate of drug-likeness (QED) is 0.510. The molecule has 3 aromatic rings. The van der Waals surface area contributed by atoms with Gasteiger partial charge in [0.1, 0.15) is 0 Å². The molecule has 0 unspecified atom stereocenters. The highest BCUT2D eigenvalue weighted by molar-refractivity contribution is 6.42. The number of rotatable bonds is 3. The molecule has 6 nitrogen and oxygen atoms in total. The van der Waals surface area contributed by atoms with Crippen molar-refractivity contribution in [2.75, 3.05) is 15.5 Å². The molecule has 3 aromatic carbocycles. The van der Waals surface area contributed by atoms with Crippen LogP contribution >= 0.6 is 23.2 Å². The Morgan fingerprint density at radius 2 is 1.57 bits per heavy atom. The van der Waals surface area contributed by atoms with Crippen LogP contribution in [0.3, 0.4) is 0 Å². The second-order valence-electron chi connectivity index (χ2n) is 6.70. The van der Waals surface area contributed by atoms with E-state index in [-0.39, 0.29) is 16.1 Å². The lowest BCUT2D eigenvalue weighted by Gasteiger charge is -2.18. The number of halogens is 2. The Bertz CT molecular complexity index is 1210. The second kappa shape index (κ2) is 7.82. The standard InChI is InChI=1S/C22H15Cl2N3O3/c1-12-10-15(26-22(30)25-14-5-2-4-13(23)11-14)8-9-18(12)27-20(28)16-6-3-7-17(24)19(16)21(27)29/h2-11H,1H3,(H2,25,26,30). The van der Waals surface area contributed by atoms with E-state index in [0.29, 0.717) is 27.6 Å². The molecule has 1 aliphatic rings. The Morgan fingerprint density at radius 3 is 2.23 bits per heavy atom. The van der Waals surface area contributed by atoms with E-state index in [0.717, 1.165) is 4.90 Å². The number of carbonyl (C=O) groups excluding carboxylic acids is 3. The van der Waals surface area contributed by atoms with Crippen LogP contribution in [0.2, 0.25) is 10.0 Å². The van der Waals surface area contributed by atoms with Gasteiger partial charge in [-0.2, -0.15) is 0 Å². The first-order chi connectivity index (χ1) is 14.3. The predicted molar refractivity (Wildman–Crippen MR) is 118 cm³/mol. The van der Waals surface area contributed by atoms with Gasteiger partial charge in [0.25, 0.3) is 11.8 Å². The zero-order valence-electron chi connectivity index (χ0n) is 15.7. The lowest BCUT2D eigenvalue weighted by molar-refractivity contribution is 0.0926. The molecule has 0 spiro atoms. The van der Waals surface area contributed by atoms with Crippen LogP contribution in [0, 0.1) is 6.92 Å². The van der Waals surface area contributed by atoms with Gasteiger partial charge in [0.2, 0.25) is 0 Å². The lowest BCUT2D eigenvalue weighted by atomic mass is 10.1. The van der Waals surface area contributed by atoms with Crippen LogP contribution in [0.1, 0.15) is 26.3 Å². The van der Waals surface area contributed by atoms with Gasteiger partial charge >= 0.3 is 6.03 Å². The fourth-order valence-electron chi connectivity index (χ4n) is 3.31. The number of nitrogens with zero attached hydrogens (tertiary/aromatic N) is 1. The molecule has 8 heteroatoms. The van der Waals surface area contributed by atoms with Crippen LogP contribution < -0.4 is 15.5 Å². The highest BCUT2D eigenvalue weighted by Gasteiger charge is 2.38. The van der Waals surface area contributed by atoms with Gasteiger partial charge in [-0.05, 0) is 61.0 Å². The van der Waals surface area contributed by atoms with E-state index < -0.39 is 17.8 Å². The van der Waals surface area contributed by atoms with Crippen molar-refractivity contribution in [3.05, 3.63) is 87.4 Å². The van der Waals surface area contributed by atoms with Crippen molar-refractivity contribution < 1.29 is 14.4 Å². The van der Waals surface area contributed by atoms with Crippen LogP contribution in [-0.2, 0) is 0 Å². The maximum absolute atomic E-state index is 12.8. The summed E-state index contributed by atoms with van der Waals surface area (Å²) < 4.78 is 0. The van der Waals surface area contributed by atoms with E-state index in [1.165, 1.54) is 0 Å². The molecule has 0 saturated heterocycles. The summed E-state index contributed by atoms with van der Waals surface area (Å²) in [4.78, 5) is 38.9. The molecule has 4 rings (SSSR count). The topological polar surface area (TPSA) is 78.5 Å². The third-order valence-corrected chi connectivity index (χ3v) is 5.19. The first-order valence-corrected chi connectivity index (χ1v) is 9.72. The van der Waals surface area contributed by atoms with Crippen molar-refractivity contribution in [3.8, 4) is 0 Å². The first-order valence-electron chi connectivity index (χ1n) is 8.96. The summed E-state index contributed by atoms with van der Waals surface area (Å²) in [6.07, 6.45) is 0. The summed E-state index contributed by atoms with van der Waals surface area (Å²) in [5.41, 5.74) is 2.60. The summed E-state index contributed by atoms with van der Waals surface area (Å²) in [7, 11) is 0. The average Bonchev–Trinajstić information content (AvgIpc) is 2.94. The van der Waals surface area contributed by atoms with Gasteiger partial charge in [-0.15, -0.1) is 0 Å². The van der Waals surface area contributed by atoms with Crippen LogP contribution in [0.15, 0.2) is 60.7 Å². The van der Waals surface area contributed by atoms with Crippen molar-refractivity contribution in [3.63, 3.8) is 0 Å². The van der Waals surface area contributed by atoms with E-state index in [1.54, 1.807) is 67.6 Å². The van der Waals surface area contributed by atoms with Crippen LogP contribution in [0.25, 0.3) is 0 Å². The average molecular weight is 440 g/mol. The Kier molecular flexibility index (Phi) is 5.20. The number of anilines is 3. The van der Waals surface area contributed by atoms with Gasteiger partial charge < -0.3 is 10.6 Å². The molecule has 4 amide bonds. The van der Waals surface area contributed by atoms with E-state index in [2.05, 4.69) is 10.6 Å². The molecule has 0 bridgehead atoms. The Morgan fingerprint density at radius 1 is 0.867 bits per heavy atom. The monoisotopic (exact) mass is 439 g/mol. The van der Waals surface area contributed by atoms with Gasteiger partial charge in [0.05, 0.1) is 21.8 Å². The van der Waals surface area contributed by atoms with Crippen molar-refractivity contribution in [2.45, 2.75) is 6.92 Å². The number of hydrogen-bond donors (Lipinski definition) is 2. The Labute approximate surface area is 182 Å². The third-order valence-electron chi connectivity index (χ3n) is 4.64. The highest BCUT2D eigenvalue weighted by Crippen LogP contribution is 2.34. The third kappa shape index (κ3) is 3.63. The first kappa shape index (κ1) is 19.9. The zero-order valence-corrected chi connectivity index (χ0v) is 17.2. The molecule has 0 aliphatic carbocycles. The fourth-order valence-corrected chi connectivity index (χ4v) is 3.75. The zero-order chi connectivity index (χ0) is 21.4. The van der Waals surface area contributed by atoms with Crippen molar-refractivity contribution in [1.82, 2.24) is 0 Å². The van der Waals surface area contributed by atoms with Gasteiger partial charge in [0, 0.05) is 16.4 Å². The predicted octanol–water partition coefficient (Wildman–Crippen LogP) is 5.75. The minimum absolute atomic E-state index is 0.201. The summed E-state index contributed by atoms with van der Waals surface area (Å²) in [5.74, 6) is -0.900. The number of carbonyl (C=O) groups is 3. The molecule has 0 saturated carbocycles. The number of amides is 4. The molecule has 2 N–H and O–H groups in total. The maximum atomic E-state index is 12.8. The number of fused-ring (bicyclic) bond motifs is 1. The lowest BCUT2D eigenvalue weighted by Crippen LogP contribution is -2.30. The van der Waals surface area contributed by atoms with Crippen molar-refractivity contribution >= 4 is 58.1 Å². The minimum atomic E-state index is -0.469. The number of hydrogen-bond acceptors (Lipinski definition) is 3. The second-order valence-corrected chi connectivity index (χ2v) is 7.54. The van der Waals surface area contributed by atoms with E-state index >= 15 is 0 Å². The SMILES string of the molecule is Cc1cc(NC(=O)Nc2cccc(Cl)c2)ccc1N1C(=O)c2cccc(Cl)c2C1=O. The molecule has 1 aliphatic heterocycles. The van der Waals surface area contributed by atoms with Gasteiger partial charge in [-0.25, -0.2) is 9.69 Å². The molecule has 150 valence electrons. The molecular formula is C22H15Cl2N3O3. The van der Waals surface area contributed by atoms with Crippen LogP contribution in [0.4, 0.5) is 21.9 Å². The minimum Gasteiger partial charge on any atom is -0.308 e. The number of imide groups is 1. The Hall–Kier alpha value is -3.35. The van der Waals surface area contributed by atoms with Gasteiger partial charge in [-0.3, -0.25) is 9.59 Å². The molecular weight excluding hydrogens is 425 g/mol. The van der Waals surface area contributed by atoms with Crippen molar-refractivity contribution in [1.29, 1.82) is 0 Å².